The van der Waals surface area contributed by atoms with Crippen LogP contribution in [-0.2, 0) is 10.8 Å². The van der Waals surface area contributed by atoms with Crippen LogP contribution in [-0.4, -0.2) is 4.57 Å². The maximum absolute atomic E-state index is 6.45. The van der Waals surface area contributed by atoms with Gasteiger partial charge in [0, 0.05) is 61.1 Å². The molecule has 3 heterocycles. The van der Waals surface area contributed by atoms with Gasteiger partial charge in [-0.1, -0.05) is 190 Å². The zero-order chi connectivity index (χ0) is 48.2. The van der Waals surface area contributed by atoms with Crippen LogP contribution in [0.25, 0.3) is 93.9 Å². The number of anilines is 3. The number of furan rings is 1. The molecular formula is C70H46N2O. The number of rotatable bonds is 5. The summed E-state index contributed by atoms with van der Waals surface area (Å²) < 4.78 is 9.04. The van der Waals surface area contributed by atoms with Crippen molar-refractivity contribution in [2.24, 2.45) is 0 Å². The van der Waals surface area contributed by atoms with Crippen LogP contribution >= 0.6 is 0 Å². The summed E-state index contributed by atoms with van der Waals surface area (Å²) in [6.45, 7) is 4.81. The molecule has 73 heavy (non-hydrogen) atoms. The van der Waals surface area contributed by atoms with E-state index in [1.807, 2.05) is 12.1 Å². The van der Waals surface area contributed by atoms with E-state index in [1.54, 1.807) is 0 Å². The lowest BCUT2D eigenvalue weighted by Crippen LogP contribution is -2.40. The van der Waals surface area contributed by atoms with Gasteiger partial charge in [-0.3, -0.25) is 0 Å². The second kappa shape index (κ2) is 14.7. The van der Waals surface area contributed by atoms with Gasteiger partial charge in [0.1, 0.15) is 11.2 Å². The molecule has 3 aliphatic rings. The van der Waals surface area contributed by atoms with Crippen LogP contribution in [0.2, 0.25) is 0 Å². The van der Waals surface area contributed by atoms with Gasteiger partial charge in [-0.2, -0.15) is 0 Å². The smallest absolute Gasteiger partial charge is 0.137 e. The van der Waals surface area contributed by atoms with Crippen molar-refractivity contribution in [1.82, 2.24) is 4.57 Å². The Labute approximate surface area is 423 Å². The average Bonchev–Trinajstić information content (AvgIpc) is 4.07. The predicted octanol–water partition coefficient (Wildman–Crippen LogP) is 18.5. The zero-order valence-electron chi connectivity index (χ0n) is 40.4. The molecule has 0 saturated heterocycles. The molecule has 0 atom stereocenters. The van der Waals surface area contributed by atoms with Crippen molar-refractivity contribution < 1.29 is 4.42 Å². The SMILES string of the molecule is CC1(C)c2ccccc2C2(c3ccccc31)c1cccc3c1-c1c2ccc2c4cc(-c5cccc(-c6ccccc6N(c6ccccc6)c6ccc7c(c6)oc6ccccc67)c5)ccc4n(c12)-c1ccccc1-3. The van der Waals surface area contributed by atoms with Gasteiger partial charge in [-0.05, 0) is 122 Å². The van der Waals surface area contributed by atoms with Crippen LogP contribution in [0, 0.1) is 0 Å². The quantitative estimate of drug-likeness (QED) is 0.171. The summed E-state index contributed by atoms with van der Waals surface area (Å²) in [4.78, 5) is 2.36. The number of para-hydroxylation sites is 4. The third-order valence-electron chi connectivity index (χ3n) is 16.8. The first kappa shape index (κ1) is 40.5. The van der Waals surface area contributed by atoms with Crippen molar-refractivity contribution in [1.29, 1.82) is 0 Å². The van der Waals surface area contributed by atoms with E-state index in [4.69, 9.17) is 4.42 Å². The molecular weight excluding hydrogens is 885 g/mol. The first-order chi connectivity index (χ1) is 36.0. The molecule has 0 bridgehead atoms. The molecule has 3 nitrogen and oxygen atoms in total. The van der Waals surface area contributed by atoms with Crippen LogP contribution < -0.4 is 4.90 Å². The zero-order valence-corrected chi connectivity index (χ0v) is 40.4. The van der Waals surface area contributed by atoms with E-state index in [9.17, 15) is 0 Å². The van der Waals surface area contributed by atoms with Crippen molar-refractivity contribution >= 4 is 60.8 Å². The largest absolute Gasteiger partial charge is 0.456 e. The van der Waals surface area contributed by atoms with Gasteiger partial charge in [-0.15, -0.1) is 0 Å². The molecule has 0 fully saturated rings. The van der Waals surface area contributed by atoms with E-state index in [1.165, 1.54) is 94.3 Å². The highest BCUT2D eigenvalue weighted by Crippen LogP contribution is 2.66. The lowest BCUT2D eigenvalue weighted by Gasteiger charge is -2.46. The van der Waals surface area contributed by atoms with Gasteiger partial charge in [0.05, 0.1) is 27.8 Å². The summed E-state index contributed by atoms with van der Waals surface area (Å²) >= 11 is 0. The number of hydrogen-bond acceptors (Lipinski definition) is 2. The molecule has 2 aliphatic carbocycles. The Balaban J connectivity index is 0.894. The third kappa shape index (κ3) is 5.33. The highest BCUT2D eigenvalue weighted by Gasteiger charge is 2.55. The fraction of sp³-hybridized carbons (Fsp3) is 0.0571. The normalized spacial score (nSPS) is 14.1. The van der Waals surface area contributed by atoms with Crippen molar-refractivity contribution in [3.05, 3.63) is 276 Å². The van der Waals surface area contributed by atoms with Gasteiger partial charge >= 0.3 is 0 Å². The Morgan fingerprint density at radius 3 is 1.82 bits per heavy atom. The van der Waals surface area contributed by atoms with Crippen LogP contribution in [0.4, 0.5) is 17.1 Å². The molecule has 3 heteroatoms. The maximum Gasteiger partial charge on any atom is 0.137 e. The van der Waals surface area contributed by atoms with E-state index < -0.39 is 5.41 Å². The van der Waals surface area contributed by atoms with Crippen LogP contribution in [0.1, 0.15) is 47.2 Å². The molecule has 0 radical (unpaired) electrons. The van der Waals surface area contributed by atoms with E-state index in [-0.39, 0.29) is 5.41 Å². The van der Waals surface area contributed by atoms with Crippen molar-refractivity contribution in [2.45, 2.75) is 24.7 Å². The Bertz CT molecular complexity index is 4440. The second-order valence-corrected chi connectivity index (χ2v) is 20.7. The number of benzene rings is 11. The molecule has 16 rings (SSSR count). The molecule has 2 aromatic heterocycles. The Hall–Kier alpha value is -9.18. The van der Waals surface area contributed by atoms with E-state index in [0.29, 0.717) is 0 Å². The monoisotopic (exact) mass is 930 g/mol. The van der Waals surface area contributed by atoms with Crippen molar-refractivity contribution in [3.63, 3.8) is 0 Å². The highest BCUT2D eigenvalue weighted by molar-refractivity contribution is 6.20. The molecule has 342 valence electrons. The molecule has 1 spiro atoms. The Morgan fingerprint density at radius 2 is 0.986 bits per heavy atom. The van der Waals surface area contributed by atoms with E-state index in [2.05, 4.69) is 254 Å². The van der Waals surface area contributed by atoms with Gasteiger partial charge in [0.15, 0.2) is 0 Å². The molecule has 0 N–H and O–H groups in total. The van der Waals surface area contributed by atoms with Crippen LogP contribution in [0.5, 0.6) is 0 Å². The molecule has 11 aromatic carbocycles. The van der Waals surface area contributed by atoms with E-state index in [0.717, 1.165) is 50.1 Å². The molecule has 0 amide bonds. The fourth-order valence-corrected chi connectivity index (χ4v) is 13.7. The Kier molecular flexibility index (Phi) is 8.16. The molecule has 0 saturated carbocycles. The van der Waals surface area contributed by atoms with Gasteiger partial charge in [0.2, 0.25) is 0 Å². The molecule has 13 aromatic rings. The van der Waals surface area contributed by atoms with Crippen LogP contribution in [0.15, 0.2) is 247 Å². The van der Waals surface area contributed by atoms with Gasteiger partial charge in [0.25, 0.3) is 0 Å². The minimum Gasteiger partial charge on any atom is -0.456 e. The topological polar surface area (TPSA) is 21.3 Å². The van der Waals surface area contributed by atoms with Crippen molar-refractivity contribution in [2.75, 3.05) is 4.90 Å². The van der Waals surface area contributed by atoms with Gasteiger partial charge < -0.3 is 13.9 Å². The first-order valence-electron chi connectivity index (χ1n) is 25.5. The molecule has 1 aliphatic heterocycles. The number of aromatic nitrogens is 1. The lowest BCUT2D eigenvalue weighted by molar-refractivity contribution is 0.563. The summed E-state index contributed by atoms with van der Waals surface area (Å²) in [6.07, 6.45) is 0. The maximum atomic E-state index is 6.45. The summed E-state index contributed by atoms with van der Waals surface area (Å²) in [5, 5.41) is 4.76. The minimum absolute atomic E-state index is 0.163. The van der Waals surface area contributed by atoms with E-state index >= 15 is 0 Å². The molecule has 0 unspecified atom stereocenters. The highest BCUT2D eigenvalue weighted by atomic mass is 16.3. The third-order valence-corrected chi connectivity index (χ3v) is 16.8. The Morgan fingerprint density at radius 1 is 0.370 bits per heavy atom. The second-order valence-electron chi connectivity index (χ2n) is 20.7. The number of hydrogen-bond donors (Lipinski definition) is 0. The fourth-order valence-electron chi connectivity index (χ4n) is 13.7. The summed E-state index contributed by atoms with van der Waals surface area (Å²) in [5.74, 6) is 0. The predicted molar refractivity (Wildman–Crippen MR) is 302 cm³/mol. The minimum atomic E-state index is -0.483. The summed E-state index contributed by atoms with van der Waals surface area (Å²) in [7, 11) is 0. The van der Waals surface area contributed by atoms with Crippen molar-refractivity contribution in [3.8, 4) is 50.2 Å². The lowest BCUT2D eigenvalue weighted by atomic mass is 9.55. The average molecular weight is 931 g/mol. The van der Waals surface area contributed by atoms with Crippen LogP contribution in [0.3, 0.4) is 0 Å². The van der Waals surface area contributed by atoms with Gasteiger partial charge in [-0.25, -0.2) is 0 Å². The summed E-state index contributed by atoms with van der Waals surface area (Å²) in [5.41, 5.74) is 26.2. The number of fused-ring (bicyclic) bond motifs is 15. The number of nitrogens with zero attached hydrogens (tertiary/aromatic N) is 2. The standard InChI is InChI=1S/C70H46N2O/c1-69(2)55-26-9-11-28-57(55)70(58-29-12-10-27-56(58)69)59-30-17-25-52-49-23-7-14-32-62(49)72-63-39-34-44(41-54(63)53-37-38-60(70)67(66(52)59)68(53)72)43-18-16-19-45(40-43)48-22-6-13-31-61(48)71(46-20-4-3-5-21-46)47-35-36-51-50-24-8-15-33-64(50)73-65(51)42-47/h3-42H,1-2H3. The summed E-state index contributed by atoms with van der Waals surface area (Å²) in [6, 6.07) is 90.2. The first-order valence-corrected chi connectivity index (χ1v) is 25.5.